The van der Waals surface area contributed by atoms with Crippen LogP contribution >= 0.6 is 11.8 Å². The number of esters is 1. The van der Waals surface area contributed by atoms with Crippen molar-refractivity contribution in [3.05, 3.63) is 41.7 Å². The highest BCUT2D eigenvalue weighted by molar-refractivity contribution is 7.98. The summed E-state index contributed by atoms with van der Waals surface area (Å²) in [5.41, 5.74) is 2.10. The summed E-state index contributed by atoms with van der Waals surface area (Å²) >= 11 is 1.59. The van der Waals surface area contributed by atoms with Gasteiger partial charge in [-0.05, 0) is 11.1 Å². The van der Waals surface area contributed by atoms with Crippen molar-refractivity contribution in [3.63, 3.8) is 0 Å². The van der Waals surface area contributed by atoms with Gasteiger partial charge < -0.3 is 9.30 Å². The lowest BCUT2D eigenvalue weighted by atomic mass is 10.1. The van der Waals surface area contributed by atoms with E-state index >= 15 is 0 Å². The summed E-state index contributed by atoms with van der Waals surface area (Å²) in [6.45, 7) is 0. The van der Waals surface area contributed by atoms with Crippen LogP contribution in [0, 0.1) is 0 Å². The molecule has 0 fully saturated rings. The molecule has 0 N–H and O–H groups in total. The molecule has 0 aliphatic rings. The Balaban J connectivity index is 2.07. The Morgan fingerprint density at radius 2 is 2.11 bits per heavy atom. The standard InChI is InChI=1S/C13H15N3O2S/c1-16-9-14-15-13(16)19-8-11-6-4-3-5-10(11)7-12(17)18-2/h3-6,9H,7-8H2,1-2H3. The second kappa shape index (κ2) is 6.38. The van der Waals surface area contributed by atoms with Crippen molar-refractivity contribution >= 4 is 17.7 Å². The molecule has 1 heterocycles. The number of hydrogen-bond donors (Lipinski definition) is 0. The predicted octanol–water partition coefficient (Wildman–Crippen LogP) is 1.82. The number of nitrogens with zero attached hydrogens (tertiary/aromatic N) is 3. The van der Waals surface area contributed by atoms with Crippen molar-refractivity contribution in [1.29, 1.82) is 0 Å². The van der Waals surface area contributed by atoms with Gasteiger partial charge in [-0.1, -0.05) is 36.0 Å². The van der Waals surface area contributed by atoms with E-state index in [4.69, 9.17) is 4.74 Å². The fraction of sp³-hybridized carbons (Fsp3) is 0.308. The Morgan fingerprint density at radius 1 is 1.37 bits per heavy atom. The molecule has 0 radical (unpaired) electrons. The maximum atomic E-state index is 11.4. The summed E-state index contributed by atoms with van der Waals surface area (Å²) in [6, 6.07) is 7.85. The predicted molar refractivity (Wildman–Crippen MR) is 72.7 cm³/mol. The second-order valence-electron chi connectivity index (χ2n) is 4.03. The molecule has 6 heteroatoms. The Hall–Kier alpha value is -1.82. The number of carbonyl (C=O) groups is 1. The van der Waals surface area contributed by atoms with Gasteiger partial charge >= 0.3 is 5.97 Å². The molecule has 0 saturated heterocycles. The molecule has 0 aliphatic heterocycles. The highest BCUT2D eigenvalue weighted by Gasteiger charge is 2.09. The summed E-state index contributed by atoms with van der Waals surface area (Å²) < 4.78 is 6.58. The maximum absolute atomic E-state index is 11.4. The van der Waals surface area contributed by atoms with Crippen molar-refractivity contribution in [2.75, 3.05) is 7.11 Å². The van der Waals surface area contributed by atoms with Gasteiger partial charge in [-0.15, -0.1) is 10.2 Å². The van der Waals surface area contributed by atoms with Gasteiger partial charge in [-0.2, -0.15) is 0 Å². The largest absolute Gasteiger partial charge is 0.469 e. The molecule has 0 atom stereocenters. The molecule has 2 aromatic rings. The molecule has 5 nitrogen and oxygen atoms in total. The summed E-state index contributed by atoms with van der Waals surface area (Å²) in [4.78, 5) is 11.4. The molecule has 0 amide bonds. The zero-order valence-corrected chi connectivity index (χ0v) is 11.7. The van der Waals surface area contributed by atoms with Gasteiger partial charge in [-0.3, -0.25) is 4.79 Å². The average Bonchev–Trinajstić information content (AvgIpc) is 2.83. The molecule has 1 aromatic heterocycles. The number of rotatable bonds is 5. The number of carbonyl (C=O) groups excluding carboxylic acids is 1. The van der Waals surface area contributed by atoms with Crippen LogP contribution in [0.1, 0.15) is 11.1 Å². The third-order valence-corrected chi connectivity index (χ3v) is 3.79. The van der Waals surface area contributed by atoms with Crippen LogP contribution in [0.2, 0.25) is 0 Å². The van der Waals surface area contributed by atoms with Crippen LogP contribution in [-0.4, -0.2) is 27.8 Å². The SMILES string of the molecule is COC(=O)Cc1ccccc1CSc1nncn1C. The quantitative estimate of drug-likeness (QED) is 0.616. The van der Waals surface area contributed by atoms with Crippen LogP contribution in [0.3, 0.4) is 0 Å². The van der Waals surface area contributed by atoms with Gasteiger partial charge in [0, 0.05) is 12.8 Å². The molecule has 0 aliphatic carbocycles. The van der Waals surface area contributed by atoms with E-state index in [1.54, 1.807) is 18.1 Å². The highest BCUT2D eigenvalue weighted by atomic mass is 32.2. The number of aryl methyl sites for hydroxylation is 1. The highest BCUT2D eigenvalue weighted by Crippen LogP contribution is 2.22. The van der Waals surface area contributed by atoms with E-state index in [0.717, 1.165) is 22.0 Å². The first-order valence-electron chi connectivity index (χ1n) is 5.81. The lowest BCUT2D eigenvalue weighted by Crippen LogP contribution is -2.06. The van der Waals surface area contributed by atoms with Crippen molar-refractivity contribution in [2.24, 2.45) is 7.05 Å². The van der Waals surface area contributed by atoms with E-state index in [2.05, 4.69) is 10.2 Å². The van der Waals surface area contributed by atoms with Gasteiger partial charge in [0.1, 0.15) is 6.33 Å². The smallest absolute Gasteiger partial charge is 0.309 e. The molecule has 0 bridgehead atoms. The molecule has 2 rings (SSSR count). The number of methoxy groups -OCH3 is 1. The minimum absolute atomic E-state index is 0.226. The third kappa shape index (κ3) is 3.57. The molecular weight excluding hydrogens is 262 g/mol. The zero-order chi connectivity index (χ0) is 13.7. The maximum Gasteiger partial charge on any atom is 0.309 e. The Bertz CT molecular complexity index is 569. The molecule has 0 spiro atoms. The van der Waals surface area contributed by atoms with E-state index < -0.39 is 0 Å². The molecule has 0 saturated carbocycles. The summed E-state index contributed by atoms with van der Waals surface area (Å²) in [5.74, 6) is 0.524. The lowest BCUT2D eigenvalue weighted by molar-refractivity contribution is -0.139. The molecule has 100 valence electrons. The summed E-state index contributed by atoms with van der Waals surface area (Å²) in [6.07, 6.45) is 1.97. The fourth-order valence-corrected chi connectivity index (χ4v) is 2.57. The number of thioether (sulfide) groups is 1. The van der Waals surface area contributed by atoms with E-state index in [1.807, 2.05) is 35.9 Å². The van der Waals surface area contributed by atoms with Crippen molar-refractivity contribution in [3.8, 4) is 0 Å². The Morgan fingerprint density at radius 3 is 2.74 bits per heavy atom. The Kier molecular flexibility index (Phi) is 4.57. The van der Waals surface area contributed by atoms with Gasteiger partial charge in [-0.25, -0.2) is 0 Å². The lowest BCUT2D eigenvalue weighted by Gasteiger charge is -2.07. The van der Waals surface area contributed by atoms with Crippen molar-refractivity contribution in [1.82, 2.24) is 14.8 Å². The first-order chi connectivity index (χ1) is 9.20. The van der Waals surface area contributed by atoms with Crippen molar-refractivity contribution in [2.45, 2.75) is 17.3 Å². The Labute approximate surface area is 116 Å². The minimum atomic E-state index is -0.226. The number of benzene rings is 1. The average molecular weight is 277 g/mol. The van der Waals surface area contributed by atoms with Gasteiger partial charge in [0.2, 0.25) is 0 Å². The zero-order valence-electron chi connectivity index (χ0n) is 10.9. The van der Waals surface area contributed by atoms with Crippen LogP contribution in [0.25, 0.3) is 0 Å². The fourth-order valence-electron chi connectivity index (χ4n) is 1.64. The van der Waals surface area contributed by atoms with Crippen LogP contribution < -0.4 is 0 Å². The molecule has 19 heavy (non-hydrogen) atoms. The second-order valence-corrected chi connectivity index (χ2v) is 4.98. The minimum Gasteiger partial charge on any atom is -0.469 e. The van der Waals surface area contributed by atoms with E-state index in [-0.39, 0.29) is 5.97 Å². The van der Waals surface area contributed by atoms with Crippen molar-refractivity contribution < 1.29 is 9.53 Å². The van der Waals surface area contributed by atoms with E-state index in [0.29, 0.717) is 6.42 Å². The van der Waals surface area contributed by atoms with E-state index in [1.165, 1.54) is 7.11 Å². The van der Waals surface area contributed by atoms with Crippen LogP contribution in [-0.2, 0) is 28.8 Å². The number of ether oxygens (including phenoxy) is 1. The molecule has 0 unspecified atom stereocenters. The topological polar surface area (TPSA) is 57.0 Å². The normalized spacial score (nSPS) is 10.4. The van der Waals surface area contributed by atoms with Gasteiger partial charge in [0.25, 0.3) is 0 Å². The van der Waals surface area contributed by atoms with Gasteiger partial charge in [0.05, 0.1) is 13.5 Å². The third-order valence-electron chi connectivity index (χ3n) is 2.71. The first kappa shape index (κ1) is 13.6. The monoisotopic (exact) mass is 277 g/mol. The number of aromatic nitrogens is 3. The van der Waals surface area contributed by atoms with E-state index in [9.17, 15) is 4.79 Å². The van der Waals surface area contributed by atoms with Gasteiger partial charge in [0.15, 0.2) is 5.16 Å². The van der Waals surface area contributed by atoms with Crippen LogP contribution in [0.4, 0.5) is 0 Å². The van der Waals surface area contributed by atoms with Crippen LogP contribution in [0.15, 0.2) is 35.7 Å². The first-order valence-corrected chi connectivity index (χ1v) is 6.79. The molecule has 1 aromatic carbocycles. The summed E-state index contributed by atoms with van der Waals surface area (Å²) in [7, 11) is 3.31. The van der Waals surface area contributed by atoms with Crippen LogP contribution in [0.5, 0.6) is 0 Å². The summed E-state index contributed by atoms with van der Waals surface area (Å²) in [5, 5.41) is 8.71. The molecular formula is C13H15N3O2S. The number of hydrogen-bond acceptors (Lipinski definition) is 5.